The van der Waals surface area contributed by atoms with Gasteiger partial charge in [-0.05, 0) is 12.3 Å². The Morgan fingerprint density at radius 1 is 1.19 bits per heavy atom. The van der Waals surface area contributed by atoms with E-state index in [-0.39, 0.29) is 0 Å². The predicted octanol–water partition coefficient (Wildman–Crippen LogP) is 1.27. The monoisotopic (exact) mass is 218 g/mol. The zero-order chi connectivity index (χ0) is 11.4. The highest BCUT2D eigenvalue weighted by Crippen LogP contribution is 2.13. The van der Waals surface area contributed by atoms with Gasteiger partial charge in [-0.15, -0.1) is 10.2 Å². The summed E-state index contributed by atoms with van der Waals surface area (Å²) < 4.78 is 0. The maximum Gasteiger partial charge on any atom is 0.205 e. The van der Waals surface area contributed by atoms with Crippen molar-refractivity contribution in [3.8, 4) is 0 Å². The summed E-state index contributed by atoms with van der Waals surface area (Å²) in [5.74, 6) is 1.38. The number of aromatic nitrogens is 5. The molecule has 0 aliphatic carbocycles. The van der Waals surface area contributed by atoms with E-state index in [0.717, 1.165) is 18.8 Å². The molecule has 2 rings (SSSR count). The Balaban J connectivity index is 2.17. The van der Waals surface area contributed by atoms with Crippen molar-refractivity contribution in [1.82, 2.24) is 25.1 Å². The summed E-state index contributed by atoms with van der Waals surface area (Å²) in [7, 11) is 0. The standard InChI is InChI=1S/C10H14N6/c1-7(2)3-4-11-9-8-10(14-5-13-9)16-15-6-12-8/h5-7H,3-4H2,1-2H3,(H,11,13,14,16). The molecule has 6 nitrogen and oxygen atoms in total. The van der Waals surface area contributed by atoms with Gasteiger partial charge in [0, 0.05) is 6.54 Å². The van der Waals surface area contributed by atoms with Crippen LogP contribution >= 0.6 is 0 Å². The largest absolute Gasteiger partial charge is 0.368 e. The van der Waals surface area contributed by atoms with Crippen LogP contribution in [-0.2, 0) is 0 Å². The summed E-state index contributed by atoms with van der Waals surface area (Å²) in [6.45, 7) is 5.24. The molecule has 2 heterocycles. The van der Waals surface area contributed by atoms with Gasteiger partial charge in [0.2, 0.25) is 5.65 Å². The summed E-state index contributed by atoms with van der Waals surface area (Å²) in [6, 6.07) is 0. The Kier molecular flexibility index (Phi) is 3.19. The van der Waals surface area contributed by atoms with Crippen molar-refractivity contribution in [1.29, 1.82) is 0 Å². The zero-order valence-corrected chi connectivity index (χ0v) is 9.38. The average molecular weight is 218 g/mol. The van der Waals surface area contributed by atoms with E-state index >= 15 is 0 Å². The van der Waals surface area contributed by atoms with Crippen LogP contribution < -0.4 is 5.32 Å². The zero-order valence-electron chi connectivity index (χ0n) is 9.38. The van der Waals surface area contributed by atoms with Crippen molar-refractivity contribution in [3.63, 3.8) is 0 Å². The molecule has 0 amide bonds. The van der Waals surface area contributed by atoms with E-state index in [1.807, 2.05) is 0 Å². The number of hydrogen-bond acceptors (Lipinski definition) is 6. The molecule has 16 heavy (non-hydrogen) atoms. The fourth-order valence-corrected chi connectivity index (χ4v) is 1.33. The van der Waals surface area contributed by atoms with Crippen molar-refractivity contribution in [2.45, 2.75) is 20.3 Å². The summed E-state index contributed by atoms with van der Waals surface area (Å²) in [4.78, 5) is 12.3. The Morgan fingerprint density at radius 3 is 2.88 bits per heavy atom. The summed E-state index contributed by atoms with van der Waals surface area (Å²) in [5, 5.41) is 10.8. The Labute approximate surface area is 93.6 Å². The van der Waals surface area contributed by atoms with Gasteiger partial charge in [0.05, 0.1) is 0 Å². The smallest absolute Gasteiger partial charge is 0.205 e. The number of nitrogens with zero attached hydrogens (tertiary/aromatic N) is 5. The number of nitrogens with one attached hydrogen (secondary N) is 1. The average Bonchev–Trinajstić information content (AvgIpc) is 2.29. The fraction of sp³-hybridized carbons (Fsp3) is 0.500. The third-order valence-corrected chi connectivity index (χ3v) is 2.21. The maximum absolute atomic E-state index is 4.15. The molecule has 1 N–H and O–H groups in total. The van der Waals surface area contributed by atoms with E-state index in [4.69, 9.17) is 0 Å². The highest BCUT2D eigenvalue weighted by atomic mass is 15.2. The van der Waals surface area contributed by atoms with E-state index < -0.39 is 0 Å². The van der Waals surface area contributed by atoms with Crippen molar-refractivity contribution in [3.05, 3.63) is 12.7 Å². The molecular weight excluding hydrogens is 204 g/mol. The Morgan fingerprint density at radius 2 is 2.06 bits per heavy atom. The third-order valence-electron chi connectivity index (χ3n) is 2.21. The van der Waals surface area contributed by atoms with Crippen LogP contribution in [0.15, 0.2) is 12.7 Å². The predicted molar refractivity (Wildman–Crippen MR) is 60.9 cm³/mol. The van der Waals surface area contributed by atoms with Gasteiger partial charge in [-0.25, -0.2) is 15.0 Å². The lowest BCUT2D eigenvalue weighted by Gasteiger charge is -2.07. The van der Waals surface area contributed by atoms with Gasteiger partial charge < -0.3 is 5.32 Å². The lowest BCUT2D eigenvalue weighted by Crippen LogP contribution is -2.07. The maximum atomic E-state index is 4.15. The lowest BCUT2D eigenvalue weighted by atomic mass is 10.1. The van der Waals surface area contributed by atoms with Gasteiger partial charge in [0.1, 0.15) is 12.7 Å². The van der Waals surface area contributed by atoms with Gasteiger partial charge in [-0.2, -0.15) is 0 Å². The number of rotatable bonds is 4. The number of fused-ring (bicyclic) bond motifs is 1. The summed E-state index contributed by atoms with van der Waals surface area (Å²) in [5.41, 5.74) is 1.19. The molecular formula is C10H14N6. The van der Waals surface area contributed by atoms with Crippen LogP contribution in [0.5, 0.6) is 0 Å². The number of anilines is 1. The molecule has 0 aliphatic rings. The fourth-order valence-electron chi connectivity index (χ4n) is 1.33. The van der Waals surface area contributed by atoms with E-state index in [2.05, 4.69) is 44.3 Å². The van der Waals surface area contributed by atoms with Gasteiger partial charge in [-0.3, -0.25) is 0 Å². The molecule has 0 atom stereocenters. The van der Waals surface area contributed by atoms with Gasteiger partial charge in [0.25, 0.3) is 0 Å². The number of hydrogen-bond donors (Lipinski definition) is 1. The molecule has 6 heteroatoms. The van der Waals surface area contributed by atoms with Crippen LogP contribution in [0.2, 0.25) is 0 Å². The van der Waals surface area contributed by atoms with Gasteiger partial charge >= 0.3 is 0 Å². The second-order valence-electron chi connectivity index (χ2n) is 3.96. The SMILES string of the molecule is CC(C)CCNc1ncnc2nncnc12. The van der Waals surface area contributed by atoms with Gasteiger partial charge in [0.15, 0.2) is 11.3 Å². The topological polar surface area (TPSA) is 76.5 Å². The van der Waals surface area contributed by atoms with Crippen molar-refractivity contribution in [2.75, 3.05) is 11.9 Å². The molecule has 0 unspecified atom stereocenters. The highest BCUT2D eigenvalue weighted by Gasteiger charge is 2.05. The Bertz CT molecular complexity index is 464. The quantitative estimate of drug-likeness (QED) is 0.832. The van der Waals surface area contributed by atoms with Crippen LogP contribution in [0.4, 0.5) is 5.82 Å². The molecule has 0 aromatic carbocycles. The minimum absolute atomic E-state index is 0.518. The second-order valence-corrected chi connectivity index (χ2v) is 3.96. The van der Waals surface area contributed by atoms with Crippen LogP contribution in [0.3, 0.4) is 0 Å². The molecule has 0 spiro atoms. The molecule has 0 saturated carbocycles. The first kappa shape index (κ1) is 10.7. The minimum atomic E-state index is 0.518. The summed E-state index contributed by atoms with van der Waals surface area (Å²) >= 11 is 0. The van der Waals surface area contributed by atoms with E-state index in [1.165, 1.54) is 12.7 Å². The first-order valence-electron chi connectivity index (χ1n) is 5.29. The molecule has 84 valence electrons. The molecule has 2 aromatic heterocycles. The molecule has 0 radical (unpaired) electrons. The second kappa shape index (κ2) is 4.78. The lowest BCUT2D eigenvalue weighted by molar-refractivity contribution is 0.607. The van der Waals surface area contributed by atoms with Crippen molar-refractivity contribution >= 4 is 17.0 Å². The minimum Gasteiger partial charge on any atom is -0.368 e. The van der Waals surface area contributed by atoms with Crippen LogP contribution in [0.1, 0.15) is 20.3 Å². The first-order valence-corrected chi connectivity index (χ1v) is 5.29. The summed E-state index contributed by atoms with van der Waals surface area (Å²) in [6.07, 6.45) is 3.96. The van der Waals surface area contributed by atoms with E-state index in [0.29, 0.717) is 17.1 Å². The molecule has 0 saturated heterocycles. The Hall–Kier alpha value is -1.85. The molecule has 2 aromatic rings. The van der Waals surface area contributed by atoms with E-state index in [9.17, 15) is 0 Å². The van der Waals surface area contributed by atoms with Crippen molar-refractivity contribution < 1.29 is 0 Å². The normalized spacial score (nSPS) is 10.9. The van der Waals surface area contributed by atoms with Gasteiger partial charge in [-0.1, -0.05) is 13.8 Å². The van der Waals surface area contributed by atoms with E-state index in [1.54, 1.807) is 0 Å². The molecule has 0 aliphatic heterocycles. The molecule has 0 bridgehead atoms. The van der Waals surface area contributed by atoms with Crippen LogP contribution in [-0.4, -0.2) is 31.7 Å². The van der Waals surface area contributed by atoms with Crippen LogP contribution in [0, 0.1) is 5.92 Å². The molecule has 0 fully saturated rings. The third kappa shape index (κ3) is 2.39. The highest BCUT2D eigenvalue weighted by molar-refractivity contribution is 5.80. The van der Waals surface area contributed by atoms with Crippen molar-refractivity contribution in [2.24, 2.45) is 5.92 Å². The van der Waals surface area contributed by atoms with Crippen LogP contribution in [0.25, 0.3) is 11.2 Å². The first-order chi connectivity index (χ1) is 7.77.